The fourth-order valence-electron chi connectivity index (χ4n) is 3.46. The number of likely N-dealkylation sites (tertiary alicyclic amines) is 1. The zero-order valence-corrected chi connectivity index (χ0v) is 16.3. The monoisotopic (exact) mass is 441 g/mol. The van der Waals surface area contributed by atoms with Gasteiger partial charge in [0.25, 0.3) is 0 Å². The smallest absolute Gasteiger partial charge is 0.345 e. The fraction of sp³-hybridized carbons (Fsp3) is 0.333. The normalized spacial score (nSPS) is 16.5. The van der Waals surface area contributed by atoms with Gasteiger partial charge in [-0.2, -0.15) is 13.2 Å². The van der Waals surface area contributed by atoms with E-state index < -0.39 is 48.4 Å². The van der Waals surface area contributed by atoms with Crippen molar-refractivity contribution in [1.29, 1.82) is 0 Å². The number of nitrogens with zero attached hydrogens (tertiary/aromatic N) is 1. The maximum Gasteiger partial charge on any atom is 0.405 e. The second kappa shape index (κ2) is 9.32. The van der Waals surface area contributed by atoms with Gasteiger partial charge in [0.2, 0.25) is 5.91 Å². The van der Waals surface area contributed by atoms with E-state index in [0.717, 1.165) is 0 Å². The van der Waals surface area contributed by atoms with E-state index in [2.05, 4.69) is 5.32 Å². The van der Waals surface area contributed by atoms with E-state index in [0.29, 0.717) is 17.5 Å². The first kappa shape index (κ1) is 22.5. The Morgan fingerprint density at radius 3 is 1.97 bits per heavy atom. The summed E-state index contributed by atoms with van der Waals surface area (Å²) in [5, 5.41) is 4.54. The molecule has 3 amide bonds. The van der Waals surface area contributed by atoms with Crippen LogP contribution in [0.4, 0.5) is 26.7 Å². The topological polar surface area (TPSA) is 61.4 Å². The first-order valence-corrected chi connectivity index (χ1v) is 9.56. The summed E-state index contributed by atoms with van der Waals surface area (Å²) in [5.41, 5.74) is 1.03. The van der Waals surface area contributed by atoms with E-state index in [9.17, 15) is 31.5 Å². The molecule has 1 atom stereocenters. The number of amides is 3. The molecule has 31 heavy (non-hydrogen) atoms. The first-order valence-electron chi connectivity index (χ1n) is 9.56. The molecule has 2 aromatic carbocycles. The van der Waals surface area contributed by atoms with Gasteiger partial charge in [0, 0.05) is 6.54 Å². The Bertz CT molecular complexity index is 871. The summed E-state index contributed by atoms with van der Waals surface area (Å²) in [7, 11) is 0. The van der Waals surface area contributed by atoms with Crippen LogP contribution in [0.2, 0.25) is 0 Å². The van der Waals surface area contributed by atoms with Crippen LogP contribution in [0.3, 0.4) is 0 Å². The number of urea groups is 1. The van der Waals surface area contributed by atoms with Gasteiger partial charge in [-0.05, 0) is 48.2 Å². The molecule has 0 saturated carbocycles. The molecule has 1 unspecified atom stereocenters. The van der Waals surface area contributed by atoms with Crippen molar-refractivity contribution in [1.82, 2.24) is 15.5 Å². The summed E-state index contributed by atoms with van der Waals surface area (Å²) in [6.45, 7) is -1.29. The highest BCUT2D eigenvalue weighted by molar-refractivity contribution is 5.88. The van der Waals surface area contributed by atoms with Crippen LogP contribution in [0, 0.1) is 11.6 Å². The van der Waals surface area contributed by atoms with E-state index in [-0.39, 0.29) is 13.0 Å². The van der Waals surface area contributed by atoms with Crippen molar-refractivity contribution in [2.24, 2.45) is 0 Å². The first-order chi connectivity index (χ1) is 14.6. The molecular weight excluding hydrogens is 421 g/mol. The summed E-state index contributed by atoms with van der Waals surface area (Å²) >= 11 is 0. The third-order valence-electron chi connectivity index (χ3n) is 4.95. The lowest BCUT2D eigenvalue weighted by atomic mass is 9.98. The molecule has 0 bridgehead atoms. The molecule has 0 aromatic heterocycles. The zero-order valence-electron chi connectivity index (χ0n) is 16.3. The van der Waals surface area contributed by atoms with Gasteiger partial charge in [-0.3, -0.25) is 4.79 Å². The van der Waals surface area contributed by atoms with Crippen LogP contribution >= 0.6 is 0 Å². The standard InChI is InChI=1S/C21H20F5N3O2/c22-15-7-3-13(4-8-15)18(14-5-9-16(23)10-6-14)28-20(31)29-11-1-2-17(29)19(30)27-12-21(24,25)26/h3-10,17-18H,1-2,11-12H2,(H,27,30)(H,28,31). The van der Waals surface area contributed by atoms with Gasteiger partial charge in [-0.1, -0.05) is 24.3 Å². The average Bonchev–Trinajstić information content (AvgIpc) is 3.21. The average molecular weight is 441 g/mol. The second-order valence-electron chi connectivity index (χ2n) is 7.17. The maximum atomic E-state index is 13.3. The van der Waals surface area contributed by atoms with Gasteiger partial charge in [0.05, 0.1) is 6.04 Å². The lowest BCUT2D eigenvalue weighted by Crippen LogP contribution is -2.51. The van der Waals surface area contributed by atoms with Crippen LogP contribution in [0.25, 0.3) is 0 Å². The number of hydrogen-bond acceptors (Lipinski definition) is 2. The van der Waals surface area contributed by atoms with Crippen LogP contribution in [0.15, 0.2) is 48.5 Å². The minimum Gasteiger partial charge on any atom is -0.345 e. The fourth-order valence-corrected chi connectivity index (χ4v) is 3.46. The van der Waals surface area contributed by atoms with Crippen molar-refractivity contribution in [3.63, 3.8) is 0 Å². The number of carbonyl (C=O) groups excluding carboxylic acids is 2. The summed E-state index contributed by atoms with van der Waals surface area (Å²) in [6, 6.07) is 8.19. The van der Waals surface area contributed by atoms with Gasteiger partial charge in [0.15, 0.2) is 0 Å². The van der Waals surface area contributed by atoms with E-state index >= 15 is 0 Å². The quantitative estimate of drug-likeness (QED) is 0.692. The van der Waals surface area contributed by atoms with Crippen molar-refractivity contribution in [3.05, 3.63) is 71.3 Å². The molecule has 0 radical (unpaired) electrons. The number of rotatable bonds is 5. The van der Waals surface area contributed by atoms with Gasteiger partial charge >= 0.3 is 12.2 Å². The highest BCUT2D eigenvalue weighted by Gasteiger charge is 2.37. The number of nitrogens with one attached hydrogen (secondary N) is 2. The largest absolute Gasteiger partial charge is 0.405 e. The Morgan fingerprint density at radius 2 is 1.48 bits per heavy atom. The van der Waals surface area contributed by atoms with Gasteiger partial charge in [-0.15, -0.1) is 0 Å². The number of alkyl halides is 3. The predicted molar refractivity (Wildman–Crippen MR) is 102 cm³/mol. The molecule has 3 rings (SSSR count). The molecule has 1 fully saturated rings. The number of hydrogen-bond donors (Lipinski definition) is 2. The van der Waals surface area contributed by atoms with Gasteiger partial charge in [-0.25, -0.2) is 13.6 Å². The minimum atomic E-state index is -4.56. The zero-order chi connectivity index (χ0) is 22.6. The van der Waals surface area contributed by atoms with E-state index in [1.54, 1.807) is 0 Å². The van der Waals surface area contributed by atoms with Crippen LogP contribution < -0.4 is 10.6 Å². The number of carbonyl (C=O) groups is 2. The lowest BCUT2D eigenvalue weighted by molar-refractivity contribution is -0.140. The summed E-state index contributed by atoms with van der Waals surface area (Å²) in [6.07, 6.45) is -3.87. The second-order valence-corrected chi connectivity index (χ2v) is 7.17. The van der Waals surface area contributed by atoms with E-state index in [1.165, 1.54) is 53.4 Å². The Hall–Kier alpha value is -3.17. The van der Waals surface area contributed by atoms with Gasteiger partial charge in [0.1, 0.15) is 24.2 Å². The number of halogens is 5. The van der Waals surface area contributed by atoms with E-state index in [4.69, 9.17) is 0 Å². The van der Waals surface area contributed by atoms with Crippen molar-refractivity contribution >= 4 is 11.9 Å². The summed E-state index contributed by atoms with van der Waals surface area (Å²) in [4.78, 5) is 26.3. The molecule has 1 aliphatic rings. The molecule has 10 heteroatoms. The SMILES string of the molecule is O=C(NCC(F)(F)F)C1CCCN1C(=O)NC(c1ccc(F)cc1)c1ccc(F)cc1. The maximum absolute atomic E-state index is 13.3. The van der Waals surface area contributed by atoms with Crippen molar-refractivity contribution in [2.45, 2.75) is 31.1 Å². The third kappa shape index (κ3) is 5.93. The van der Waals surface area contributed by atoms with Crippen LogP contribution in [-0.4, -0.2) is 42.1 Å². The molecule has 0 aliphatic carbocycles. The highest BCUT2D eigenvalue weighted by atomic mass is 19.4. The van der Waals surface area contributed by atoms with E-state index in [1.807, 2.05) is 5.32 Å². The highest BCUT2D eigenvalue weighted by Crippen LogP contribution is 2.25. The Balaban J connectivity index is 1.78. The molecule has 1 aliphatic heterocycles. The molecule has 1 saturated heterocycles. The van der Waals surface area contributed by atoms with Crippen LogP contribution in [-0.2, 0) is 4.79 Å². The molecule has 2 N–H and O–H groups in total. The molecule has 166 valence electrons. The summed E-state index contributed by atoms with van der Waals surface area (Å²) < 4.78 is 63.9. The Labute approximate surface area is 175 Å². The van der Waals surface area contributed by atoms with Crippen molar-refractivity contribution in [3.8, 4) is 0 Å². The molecule has 1 heterocycles. The summed E-state index contributed by atoms with van der Waals surface area (Å²) in [5.74, 6) is -1.84. The molecular formula is C21H20F5N3O2. The third-order valence-corrected chi connectivity index (χ3v) is 4.95. The van der Waals surface area contributed by atoms with Crippen molar-refractivity contribution < 1.29 is 31.5 Å². The van der Waals surface area contributed by atoms with Crippen LogP contribution in [0.5, 0.6) is 0 Å². The predicted octanol–water partition coefficient (Wildman–Crippen LogP) is 3.91. The van der Waals surface area contributed by atoms with Crippen LogP contribution in [0.1, 0.15) is 30.0 Å². The molecule has 5 nitrogen and oxygen atoms in total. The minimum absolute atomic E-state index is 0.190. The van der Waals surface area contributed by atoms with Crippen molar-refractivity contribution in [2.75, 3.05) is 13.1 Å². The van der Waals surface area contributed by atoms with Gasteiger partial charge < -0.3 is 15.5 Å². The number of benzene rings is 2. The lowest BCUT2D eigenvalue weighted by Gasteiger charge is -2.28. The Kier molecular flexibility index (Phi) is 6.77. The molecule has 2 aromatic rings. The molecule has 0 spiro atoms. The Morgan fingerprint density at radius 1 is 0.968 bits per heavy atom.